The second kappa shape index (κ2) is 12.0. The van der Waals surface area contributed by atoms with E-state index in [-0.39, 0.29) is 11.9 Å². The molecule has 0 saturated heterocycles. The van der Waals surface area contributed by atoms with Gasteiger partial charge in [0.1, 0.15) is 0 Å². The fraction of sp³-hybridized carbons (Fsp3) is 0.182. The van der Waals surface area contributed by atoms with Crippen LogP contribution in [0.1, 0.15) is 42.0 Å². The molecule has 2 nitrogen and oxygen atoms in total. The van der Waals surface area contributed by atoms with Crippen molar-refractivity contribution in [1.29, 1.82) is 0 Å². The van der Waals surface area contributed by atoms with E-state index in [4.69, 9.17) is 0 Å². The molecule has 1 heterocycles. The van der Waals surface area contributed by atoms with Crippen molar-refractivity contribution < 1.29 is 4.79 Å². The van der Waals surface area contributed by atoms with E-state index >= 15 is 0 Å². The van der Waals surface area contributed by atoms with Crippen molar-refractivity contribution in [3.63, 3.8) is 0 Å². The summed E-state index contributed by atoms with van der Waals surface area (Å²) >= 11 is 0.528. The van der Waals surface area contributed by atoms with Crippen molar-refractivity contribution in [2.75, 3.05) is 6.54 Å². The predicted molar refractivity (Wildman–Crippen MR) is 151 cm³/mol. The molecule has 0 spiro atoms. The van der Waals surface area contributed by atoms with Crippen molar-refractivity contribution in [1.82, 2.24) is 4.90 Å². The minimum absolute atomic E-state index is 0.0788. The summed E-state index contributed by atoms with van der Waals surface area (Å²) in [7, 11) is 0. The molecule has 5 rings (SSSR count). The molecule has 4 aromatic carbocycles. The number of benzene rings is 4. The van der Waals surface area contributed by atoms with Gasteiger partial charge in [-0.25, -0.2) is 0 Å². The Morgan fingerprint density at radius 2 is 1.17 bits per heavy atom. The third kappa shape index (κ3) is 5.54. The van der Waals surface area contributed by atoms with E-state index in [1.807, 2.05) is 30.3 Å². The molecule has 0 N–H and O–H groups in total. The van der Waals surface area contributed by atoms with Crippen LogP contribution in [0.4, 0.5) is 0 Å². The van der Waals surface area contributed by atoms with Crippen LogP contribution >= 0.6 is 0 Å². The fourth-order valence-electron chi connectivity index (χ4n) is 4.95. The van der Waals surface area contributed by atoms with Crippen LogP contribution in [0, 0.1) is 0 Å². The molecule has 1 unspecified atom stereocenters. The van der Waals surface area contributed by atoms with Gasteiger partial charge < -0.3 is 0 Å². The van der Waals surface area contributed by atoms with Crippen LogP contribution in [0.25, 0.3) is 11.1 Å². The first-order valence-corrected chi connectivity index (χ1v) is 14.8. The number of hydrogen-bond acceptors (Lipinski definition) is 1. The SMILES string of the molecule is O=C1C(c2ccccc2)=C(c2ccccc2)C(c2ccccc2)N1CCCCC[Se]c1ccccc1. The molecular weight excluding hydrogens is 505 g/mol. The summed E-state index contributed by atoms with van der Waals surface area (Å²) in [6.07, 6.45) is 3.36. The number of hydrogen-bond donors (Lipinski definition) is 0. The minimum atomic E-state index is -0.0788. The third-order valence-electron chi connectivity index (χ3n) is 6.65. The van der Waals surface area contributed by atoms with Gasteiger partial charge in [-0.2, -0.15) is 0 Å². The summed E-state index contributed by atoms with van der Waals surface area (Å²) in [5, 5.41) is 1.25. The molecule has 1 aliphatic rings. The van der Waals surface area contributed by atoms with E-state index in [0.29, 0.717) is 15.0 Å². The van der Waals surface area contributed by atoms with Crippen LogP contribution in [0.5, 0.6) is 0 Å². The van der Waals surface area contributed by atoms with Gasteiger partial charge in [-0.1, -0.05) is 0 Å². The van der Waals surface area contributed by atoms with Crippen molar-refractivity contribution in [3.8, 4) is 0 Å². The molecule has 0 bridgehead atoms. The average Bonchev–Trinajstić information content (AvgIpc) is 3.24. The summed E-state index contributed by atoms with van der Waals surface area (Å²) in [6, 6.07) is 41.8. The van der Waals surface area contributed by atoms with Gasteiger partial charge in [-0.3, -0.25) is 0 Å². The van der Waals surface area contributed by atoms with Gasteiger partial charge in [-0.05, 0) is 0 Å². The van der Waals surface area contributed by atoms with Gasteiger partial charge in [-0.15, -0.1) is 0 Å². The molecule has 1 amide bonds. The summed E-state index contributed by atoms with van der Waals surface area (Å²) in [5.41, 5.74) is 5.23. The summed E-state index contributed by atoms with van der Waals surface area (Å²) < 4.78 is 1.47. The number of carbonyl (C=O) groups excluding carboxylic acids is 1. The maximum atomic E-state index is 14.0. The third-order valence-corrected chi connectivity index (χ3v) is 8.95. The van der Waals surface area contributed by atoms with Gasteiger partial charge in [0.2, 0.25) is 0 Å². The molecule has 0 aliphatic carbocycles. The summed E-state index contributed by atoms with van der Waals surface area (Å²) in [6.45, 7) is 0.767. The maximum absolute atomic E-state index is 14.0. The Morgan fingerprint density at radius 1 is 0.611 bits per heavy atom. The Balaban J connectivity index is 1.39. The van der Waals surface area contributed by atoms with E-state index in [9.17, 15) is 4.79 Å². The molecule has 0 aromatic heterocycles. The number of rotatable bonds is 10. The Labute approximate surface area is 220 Å². The Bertz CT molecular complexity index is 1290. The molecule has 1 aliphatic heterocycles. The number of amides is 1. The quantitative estimate of drug-likeness (QED) is 0.161. The van der Waals surface area contributed by atoms with Crippen molar-refractivity contribution in [3.05, 3.63) is 138 Å². The number of carbonyl (C=O) groups is 1. The Kier molecular flexibility index (Phi) is 8.13. The summed E-state index contributed by atoms with van der Waals surface area (Å²) in [5.74, 6) is 0.141. The van der Waals surface area contributed by atoms with Gasteiger partial charge in [0.15, 0.2) is 0 Å². The van der Waals surface area contributed by atoms with Crippen molar-refractivity contribution >= 4 is 36.5 Å². The molecular formula is C33H31NOSe. The van der Waals surface area contributed by atoms with Crippen LogP contribution in [0.2, 0.25) is 5.32 Å². The summed E-state index contributed by atoms with van der Waals surface area (Å²) in [4.78, 5) is 16.2. The van der Waals surface area contributed by atoms with Crippen LogP contribution in [0.3, 0.4) is 0 Å². The second-order valence-corrected chi connectivity index (χ2v) is 11.5. The predicted octanol–water partition coefficient (Wildman–Crippen LogP) is 6.80. The standard InChI is InChI=1S/C33H31NOSe/c35-33-31(27-18-8-2-9-19-27)30(26-16-6-1-7-17-26)32(28-20-10-3-11-21-28)34(33)24-14-5-15-25-36-29-22-12-4-13-23-29/h1-4,6-13,16-23,32H,5,14-15,24-25H2. The number of nitrogens with zero attached hydrogens (tertiary/aromatic N) is 1. The Hall–Kier alpha value is -3.39. The first-order chi connectivity index (χ1) is 17.8. The molecule has 1 atom stereocenters. The molecule has 180 valence electrons. The van der Waals surface area contributed by atoms with Gasteiger partial charge in [0, 0.05) is 0 Å². The van der Waals surface area contributed by atoms with E-state index in [1.54, 1.807) is 0 Å². The van der Waals surface area contributed by atoms with Crippen LogP contribution in [-0.2, 0) is 4.79 Å². The fourth-order valence-corrected chi connectivity index (χ4v) is 6.91. The average molecular weight is 537 g/mol. The van der Waals surface area contributed by atoms with Crippen molar-refractivity contribution in [2.24, 2.45) is 0 Å². The van der Waals surface area contributed by atoms with Gasteiger partial charge >= 0.3 is 221 Å². The van der Waals surface area contributed by atoms with E-state index in [0.717, 1.165) is 41.7 Å². The first kappa shape index (κ1) is 24.3. The molecule has 3 heteroatoms. The van der Waals surface area contributed by atoms with Crippen LogP contribution in [0.15, 0.2) is 121 Å². The molecule has 0 saturated carbocycles. The van der Waals surface area contributed by atoms with E-state index < -0.39 is 0 Å². The van der Waals surface area contributed by atoms with E-state index in [1.165, 1.54) is 21.8 Å². The normalized spacial score (nSPS) is 15.5. The monoisotopic (exact) mass is 537 g/mol. The van der Waals surface area contributed by atoms with Crippen molar-refractivity contribution in [2.45, 2.75) is 30.6 Å². The topological polar surface area (TPSA) is 20.3 Å². The number of unbranched alkanes of at least 4 members (excludes halogenated alkanes) is 2. The zero-order chi connectivity index (χ0) is 24.6. The molecule has 36 heavy (non-hydrogen) atoms. The molecule has 0 fully saturated rings. The molecule has 4 aromatic rings. The van der Waals surface area contributed by atoms with E-state index in [2.05, 4.69) is 95.9 Å². The van der Waals surface area contributed by atoms with Gasteiger partial charge in [0.25, 0.3) is 0 Å². The first-order valence-electron chi connectivity index (χ1n) is 12.7. The zero-order valence-corrected chi connectivity index (χ0v) is 22.1. The molecule has 0 radical (unpaired) electrons. The second-order valence-electron chi connectivity index (χ2n) is 9.05. The van der Waals surface area contributed by atoms with Crippen LogP contribution < -0.4 is 4.46 Å². The zero-order valence-electron chi connectivity index (χ0n) is 20.4. The Morgan fingerprint density at radius 3 is 1.81 bits per heavy atom. The van der Waals surface area contributed by atoms with Crippen LogP contribution in [-0.4, -0.2) is 32.3 Å². The van der Waals surface area contributed by atoms with Gasteiger partial charge in [0.05, 0.1) is 0 Å².